The van der Waals surface area contributed by atoms with Gasteiger partial charge in [0.1, 0.15) is 18.1 Å². The largest absolute Gasteiger partial charge is 0.497 e. The Morgan fingerprint density at radius 1 is 1.00 bits per heavy atom. The van der Waals surface area contributed by atoms with Crippen LogP contribution in [-0.4, -0.2) is 46.0 Å². The smallest absolute Gasteiger partial charge is 0.240 e. The van der Waals surface area contributed by atoms with Gasteiger partial charge in [-0.15, -0.1) is 11.8 Å². The van der Waals surface area contributed by atoms with E-state index in [0.29, 0.717) is 11.6 Å². The molecule has 2 aromatic heterocycles. The number of nitrogens with zero attached hydrogens (tertiary/aromatic N) is 4. The average molecular weight is 590 g/mol. The predicted molar refractivity (Wildman–Crippen MR) is 169 cm³/mol. The van der Waals surface area contributed by atoms with Gasteiger partial charge in [-0.2, -0.15) is 5.10 Å². The lowest BCUT2D eigenvalue weighted by atomic mass is 9.98. The number of carbonyl (C=O) groups is 2. The summed E-state index contributed by atoms with van der Waals surface area (Å²) in [4.78, 5) is 33.2. The summed E-state index contributed by atoms with van der Waals surface area (Å²) >= 11 is 1.55. The highest BCUT2D eigenvalue weighted by Crippen LogP contribution is 2.48. The van der Waals surface area contributed by atoms with E-state index >= 15 is 0 Å². The van der Waals surface area contributed by atoms with Crippen molar-refractivity contribution in [2.45, 2.75) is 18.7 Å². The third-order valence-electron chi connectivity index (χ3n) is 7.29. The number of anilines is 1. The summed E-state index contributed by atoms with van der Waals surface area (Å²) in [5.41, 5.74) is 6.28. The Morgan fingerprint density at radius 3 is 2.51 bits per heavy atom. The van der Waals surface area contributed by atoms with E-state index in [1.165, 1.54) is 0 Å². The lowest BCUT2D eigenvalue weighted by molar-refractivity contribution is -0.123. The van der Waals surface area contributed by atoms with Crippen LogP contribution in [0.1, 0.15) is 27.6 Å². The molecule has 0 fully saturated rings. The minimum Gasteiger partial charge on any atom is -0.497 e. The Morgan fingerprint density at radius 2 is 1.79 bits per heavy atom. The first kappa shape index (κ1) is 28.2. The molecular weight excluding hydrogens is 558 g/mol. The van der Waals surface area contributed by atoms with E-state index in [0.717, 1.165) is 39.3 Å². The first-order chi connectivity index (χ1) is 21.0. The molecule has 0 spiro atoms. The van der Waals surface area contributed by atoms with Crippen LogP contribution in [0.4, 0.5) is 5.82 Å². The first-order valence-electron chi connectivity index (χ1n) is 14.0. The Labute approximate surface area is 254 Å². The zero-order chi connectivity index (χ0) is 29.8. The molecule has 1 aliphatic rings. The molecule has 6 rings (SSSR count). The van der Waals surface area contributed by atoms with Gasteiger partial charge in [0.2, 0.25) is 11.8 Å². The maximum atomic E-state index is 13.9. The summed E-state index contributed by atoms with van der Waals surface area (Å²) in [6.07, 6.45) is 1.69. The van der Waals surface area contributed by atoms with E-state index < -0.39 is 0 Å². The number of hydrogen-bond donors (Lipinski definition) is 1. The first-order valence-corrected chi connectivity index (χ1v) is 15.0. The van der Waals surface area contributed by atoms with E-state index in [9.17, 15) is 9.59 Å². The number of thioether (sulfide) groups is 1. The van der Waals surface area contributed by atoms with Gasteiger partial charge in [0.05, 0.1) is 41.7 Å². The maximum Gasteiger partial charge on any atom is 0.240 e. The summed E-state index contributed by atoms with van der Waals surface area (Å²) < 4.78 is 7.18. The van der Waals surface area contributed by atoms with Gasteiger partial charge in [0, 0.05) is 17.3 Å². The van der Waals surface area contributed by atoms with Crippen molar-refractivity contribution < 1.29 is 14.3 Å². The molecule has 216 valence electrons. The van der Waals surface area contributed by atoms with Crippen molar-refractivity contribution >= 4 is 29.4 Å². The van der Waals surface area contributed by atoms with Gasteiger partial charge in [-0.3, -0.25) is 19.5 Å². The Hall–Kier alpha value is -4.89. The summed E-state index contributed by atoms with van der Waals surface area (Å²) in [5, 5.41) is 7.88. The van der Waals surface area contributed by atoms with E-state index in [-0.39, 0.29) is 35.9 Å². The van der Waals surface area contributed by atoms with Crippen molar-refractivity contribution in [2.75, 3.05) is 24.3 Å². The van der Waals surface area contributed by atoms with Gasteiger partial charge < -0.3 is 10.1 Å². The van der Waals surface area contributed by atoms with Crippen LogP contribution in [0.3, 0.4) is 0 Å². The van der Waals surface area contributed by atoms with Gasteiger partial charge in [0.15, 0.2) is 0 Å². The highest BCUT2D eigenvalue weighted by molar-refractivity contribution is 8.00. The van der Waals surface area contributed by atoms with Crippen LogP contribution in [0.2, 0.25) is 0 Å². The number of pyridine rings is 1. The van der Waals surface area contributed by atoms with E-state index in [1.807, 2.05) is 78.9 Å². The second-order valence-corrected chi connectivity index (χ2v) is 11.3. The van der Waals surface area contributed by atoms with E-state index in [2.05, 4.69) is 35.4 Å². The standard InChI is InChI=1S/C34H31N5O3S/c1-23-9-8-12-25(19-23)33-31-32(24-10-4-3-5-11-24)37-39(27-14-16-28(42-2)17-15-27)34(31)38(30(41)22-43-33)21-29(40)36-20-26-13-6-7-18-35-26/h3-19,33H,20-22H2,1-2H3,(H,36,40)/t33-/m0/s1. The van der Waals surface area contributed by atoms with Crippen LogP contribution in [0, 0.1) is 6.92 Å². The minimum absolute atomic E-state index is 0.157. The molecular formula is C34H31N5O3S. The predicted octanol–water partition coefficient (Wildman–Crippen LogP) is 5.74. The molecule has 43 heavy (non-hydrogen) atoms. The van der Waals surface area contributed by atoms with Crippen LogP contribution in [0.25, 0.3) is 16.9 Å². The van der Waals surface area contributed by atoms with Crippen LogP contribution in [-0.2, 0) is 16.1 Å². The molecule has 1 atom stereocenters. The lowest BCUT2D eigenvalue weighted by Gasteiger charge is -2.23. The molecule has 1 aliphatic heterocycles. The monoisotopic (exact) mass is 589 g/mol. The van der Waals surface area contributed by atoms with Crippen molar-refractivity contribution in [3.8, 4) is 22.7 Å². The van der Waals surface area contributed by atoms with Gasteiger partial charge in [-0.25, -0.2) is 4.68 Å². The highest BCUT2D eigenvalue weighted by atomic mass is 32.2. The summed E-state index contributed by atoms with van der Waals surface area (Å²) in [7, 11) is 1.62. The van der Waals surface area contributed by atoms with Crippen molar-refractivity contribution in [2.24, 2.45) is 0 Å². The highest BCUT2D eigenvalue weighted by Gasteiger charge is 2.37. The second-order valence-electron chi connectivity index (χ2n) is 10.2. The molecule has 0 saturated heterocycles. The molecule has 0 bridgehead atoms. The normalized spacial score (nSPS) is 14.6. The fraction of sp³-hybridized carbons (Fsp3) is 0.176. The van der Waals surface area contributed by atoms with Gasteiger partial charge in [-0.1, -0.05) is 66.2 Å². The molecule has 3 heterocycles. The fourth-order valence-corrected chi connectivity index (χ4v) is 6.41. The quantitative estimate of drug-likeness (QED) is 0.249. The molecule has 2 amide bonds. The van der Waals surface area contributed by atoms with Crippen molar-refractivity contribution in [1.82, 2.24) is 20.1 Å². The molecule has 1 N–H and O–H groups in total. The average Bonchev–Trinajstić information content (AvgIpc) is 3.37. The summed E-state index contributed by atoms with van der Waals surface area (Å²) in [5.74, 6) is 1.05. The van der Waals surface area contributed by atoms with Crippen LogP contribution < -0.4 is 15.0 Å². The van der Waals surface area contributed by atoms with Crippen molar-refractivity contribution in [3.63, 3.8) is 0 Å². The SMILES string of the molecule is COc1ccc(-n2nc(-c3ccccc3)c3c2N(CC(=O)NCc2ccccn2)C(=O)CS[C@H]3c2cccc(C)c2)cc1. The number of hydrogen-bond acceptors (Lipinski definition) is 6. The van der Waals surface area contributed by atoms with Gasteiger partial charge in [0.25, 0.3) is 0 Å². The number of carbonyl (C=O) groups excluding carboxylic acids is 2. The van der Waals surface area contributed by atoms with E-state index in [4.69, 9.17) is 9.84 Å². The summed E-state index contributed by atoms with van der Waals surface area (Å²) in [6, 6.07) is 31.4. The molecule has 0 unspecified atom stereocenters. The molecule has 0 radical (unpaired) electrons. The number of fused-ring (bicyclic) bond motifs is 1. The third kappa shape index (κ3) is 6.03. The number of nitrogens with one attached hydrogen (secondary N) is 1. The number of aryl methyl sites for hydroxylation is 1. The third-order valence-corrected chi connectivity index (χ3v) is 8.55. The number of amides is 2. The molecule has 8 nitrogen and oxygen atoms in total. The Kier molecular flexibility index (Phi) is 8.24. The van der Waals surface area contributed by atoms with Crippen LogP contribution >= 0.6 is 11.8 Å². The number of methoxy groups -OCH3 is 1. The number of aromatic nitrogens is 3. The zero-order valence-electron chi connectivity index (χ0n) is 23.9. The fourth-order valence-electron chi connectivity index (χ4n) is 5.22. The molecule has 0 aliphatic carbocycles. The molecule has 9 heteroatoms. The Bertz CT molecular complexity index is 1740. The van der Waals surface area contributed by atoms with Crippen LogP contribution in [0.15, 0.2) is 103 Å². The van der Waals surface area contributed by atoms with Crippen molar-refractivity contribution in [1.29, 1.82) is 0 Å². The van der Waals surface area contributed by atoms with Gasteiger partial charge in [-0.05, 0) is 48.9 Å². The summed E-state index contributed by atoms with van der Waals surface area (Å²) in [6.45, 7) is 2.17. The number of benzene rings is 3. The van der Waals surface area contributed by atoms with Crippen LogP contribution in [0.5, 0.6) is 5.75 Å². The van der Waals surface area contributed by atoms with Gasteiger partial charge >= 0.3 is 0 Å². The minimum atomic E-state index is -0.285. The topological polar surface area (TPSA) is 89.3 Å². The lowest BCUT2D eigenvalue weighted by Crippen LogP contribution is -2.42. The van der Waals surface area contributed by atoms with E-state index in [1.54, 1.807) is 34.7 Å². The maximum absolute atomic E-state index is 13.9. The second kappa shape index (κ2) is 12.5. The molecule has 0 saturated carbocycles. The Balaban J connectivity index is 1.52. The molecule has 5 aromatic rings. The zero-order valence-corrected chi connectivity index (χ0v) is 24.8. The number of ether oxygens (including phenoxy) is 1. The van der Waals surface area contributed by atoms with Crippen molar-refractivity contribution in [3.05, 3.63) is 126 Å². The molecule has 3 aromatic carbocycles. The number of rotatable bonds is 8.